The van der Waals surface area contributed by atoms with Crippen LogP contribution in [0.1, 0.15) is 53.2 Å². The van der Waals surface area contributed by atoms with E-state index in [4.69, 9.17) is 9.72 Å². The van der Waals surface area contributed by atoms with Crippen LogP contribution in [0.5, 0.6) is 0 Å². The maximum absolute atomic E-state index is 12.7. The molecule has 4 rings (SSSR count). The molecule has 26 heavy (non-hydrogen) atoms. The number of carbonyl (C=O) groups is 1. The molecular weight excluding hydrogens is 348 g/mol. The summed E-state index contributed by atoms with van der Waals surface area (Å²) in [6.45, 7) is 7.39. The van der Waals surface area contributed by atoms with Gasteiger partial charge in [-0.3, -0.25) is 4.79 Å². The number of fused-ring (bicyclic) bond motifs is 1. The molecule has 4 heterocycles. The van der Waals surface area contributed by atoms with Crippen molar-refractivity contribution in [1.29, 1.82) is 0 Å². The Morgan fingerprint density at radius 1 is 1.23 bits per heavy atom. The molecule has 1 amide bonds. The first-order chi connectivity index (χ1) is 12.6. The minimum atomic E-state index is -0.0248. The van der Waals surface area contributed by atoms with Gasteiger partial charge in [-0.2, -0.15) is 0 Å². The van der Waals surface area contributed by atoms with Crippen molar-refractivity contribution in [2.45, 2.75) is 52.1 Å². The maximum Gasteiger partial charge on any atom is 0.261 e. The number of hydrogen-bond donors (Lipinski definition) is 1. The Balaban J connectivity index is 1.63. The first kappa shape index (κ1) is 17.7. The summed E-state index contributed by atoms with van der Waals surface area (Å²) in [5.41, 5.74) is 0.996. The number of ether oxygens (including phenoxy) is 1. The van der Waals surface area contributed by atoms with Gasteiger partial charge in [0.15, 0.2) is 0 Å². The van der Waals surface area contributed by atoms with Gasteiger partial charge in [-0.05, 0) is 51.5 Å². The number of aromatic nitrogens is 2. The largest absolute Gasteiger partial charge is 0.376 e. The number of carbonyl (C=O) groups excluding carboxylic acids is 1. The SMILES string of the molecule is Cc1nc(N2CCCCC2)c2c(C)c(C(=O)NCC3CCCO3)sc2n1. The molecule has 6 nitrogen and oxygen atoms in total. The van der Waals surface area contributed by atoms with Gasteiger partial charge in [-0.15, -0.1) is 11.3 Å². The van der Waals surface area contributed by atoms with Crippen molar-refractivity contribution in [2.24, 2.45) is 0 Å². The highest BCUT2D eigenvalue weighted by Crippen LogP contribution is 2.36. The summed E-state index contributed by atoms with van der Waals surface area (Å²) >= 11 is 1.48. The smallest absolute Gasteiger partial charge is 0.261 e. The summed E-state index contributed by atoms with van der Waals surface area (Å²) in [4.78, 5) is 26.1. The lowest BCUT2D eigenvalue weighted by Gasteiger charge is -2.28. The van der Waals surface area contributed by atoms with E-state index in [1.165, 1.54) is 30.6 Å². The maximum atomic E-state index is 12.7. The minimum Gasteiger partial charge on any atom is -0.376 e. The Bertz CT molecular complexity index is 807. The highest BCUT2D eigenvalue weighted by atomic mass is 32.1. The van der Waals surface area contributed by atoms with Crippen molar-refractivity contribution in [2.75, 3.05) is 31.1 Å². The van der Waals surface area contributed by atoms with E-state index in [2.05, 4.69) is 15.2 Å². The average molecular weight is 375 g/mol. The number of thiophene rings is 1. The predicted molar refractivity (Wildman–Crippen MR) is 104 cm³/mol. The Kier molecular flexibility index (Phi) is 5.09. The minimum absolute atomic E-state index is 0.0248. The standard InChI is InChI=1S/C19H26N4O2S/c1-12-15-17(23-8-4-3-5-9-23)21-13(2)22-19(15)26-16(12)18(24)20-11-14-7-6-10-25-14/h14H,3-11H2,1-2H3,(H,20,24). The average Bonchev–Trinajstić information content (AvgIpc) is 3.28. The molecule has 2 saturated heterocycles. The molecule has 0 radical (unpaired) electrons. The van der Waals surface area contributed by atoms with Crippen molar-refractivity contribution in [3.8, 4) is 0 Å². The quantitative estimate of drug-likeness (QED) is 0.890. The Morgan fingerprint density at radius 2 is 2.04 bits per heavy atom. The van der Waals surface area contributed by atoms with Gasteiger partial charge in [-0.25, -0.2) is 9.97 Å². The zero-order valence-electron chi connectivity index (χ0n) is 15.5. The first-order valence-electron chi connectivity index (χ1n) is 9.56. The van der Waals surface area contributed by atoms with Gasteiger partial charge in [0.05, 0.1) is 16.4 Å². The Hall–Kier alpha value is -1.73. The van der Waals surface area contributed by atoms with Crippen LogP contribution in [0.2, 0.25) is 0 Å². The van der Waals surface area contributed by atoms with Crippen molar-refractivity contribution >= 4 is 33.3 Å². The van der Waals surface area contributed by atoms with Gasteiger partial charge < -0.3 is 15.0 Å². The van der Waals surface area contributed by atoms with Crippen LogP contribution in [0.25, 0.3) is 10.2 Å². The van der Waals surface area contributed by atoms with E-state index in [0.29, 0.717) is 6.54 Å². The van der Waals surface area contributed by atoms with Gasteiger partial charge in [0, 0.05) is 26.2 Å². The van der Waals surface area contributed by atoms with Crippen LogP contribution < -0.4 is 10.2 Å². The Morgan fingerprint density at radius 3 is 2.77 bits per heavy atom. The third-order valence-corrected chi connectivity index (χ3v) is 6.44. The molecular formula is C19H26N4O2S. The first-order valence-corrected chi connectivity index (χ1v) is 10.4. The molecule has 0 aliphatic carbocycles. The number of anilines is 1. The van der Waals surface area contributed by atoms with Crippen molar-refractivity contribution in [3.63, 3.8) is 0 Å². The van der Waals surface area contributed by atoms with Crippen molar-refractivity contribution < 1.29 is 9.53 Å². The molecule has 2 fully saturated rings. The van der Waals surface area contributed by atoms with Crippen LogP contribution >= 0.6 is 11.3 Å². The molecule has 1 unspecified atom stereocenters. The number of amides is 1. The second-order valence-corrected chi connectivity index (χ2v) is 8.22. The van der Waals surface area contributed by atoms with Crippen LogP contribution in [0.3, 0.4) is 0 Å². The van der Waals surface area contributed by atoms with Gasteiger partial charge in [0.25, 0.3) is 5.91 Å². The van der Waals surface area contributed by atoms with Gasteiger partial charge in [-0.1, -0.05) is 0 Å². The van der Waals surface area contributed by atoms with E-state index in [1.807, 2.05) is 13.8 Å². The fourth-order valence-corrected chi connectivity index (χ4v) is 5.00. The third-order valence-electron chi connectivity index (χ3n) is 5.26. The van der Waals surface area contributed by atoms with Crippen molar-refractivity contribution in [3.05, 3.63) is 16.3 Å². The van der Waals surface area contributed by atoms with E-state index < -0.39 is 0 Å². The summed E-state index contributed by atoms with van der Waals surface area (Å²) < 4.78 is 5.60. The van der Waals surface area contributed by atoms with Crippen LogP contribution in [0.15, 0.2) is 0 Å². The number of aryl methyl sites for hydroxylation is 2. The number of piperidine rings is 1. The monoisotopic (exact) mass is 374 g/mol. The molecule has 1 N–H and O–H groups in total. The van der Waals surface area contributed by atoms with E-state index >= 15 is 0 Å². The zero-order valence-corrected chi connectivity index (χ0v) is 16.3. The molecule has 140 valence electrons. The Labute approximate surface area is 158 Å². The number of nitrogens with one attached hydrogen (secondary N) is 1. The van der Waals surface area contributed by atoms with Gasteiger partial charge in [0.2, 0.25) is 0 Å². The fraction of sp³-hybridized carbons (Fsp3) is 0.632. The predicted octanol–water partition coefficient (Wildman–Crippen LogP) is 3.21. The third kappa shape index (κ3) is 3.42. The lowest BCUT2D eigenvalue weighted by molar-refractivity contribution is 0.0860. The van der Waals surface area contributed by atoms with E-state index in [0.717, 1.165) is 64.8 Å². The number of nitrogens with zero attached hydrogens (tertiary/aromatic N) is 3. The normalized spacial score (nSPS) is 20.7. The lowest BCUT2D eigenvalue weighted by atomic mass is 10.1. The highest BCUT2D eigenvalue weighted by molar-refractivity contribution is 7.20. The van der Waals surface area contributed by atoms with E-state index in [-0.39, 0.29) is 12.0 Å². The summed E-state index contributed by atoms with van der Waals surface area (Å²) in [6.07, 6.45) is 5.93. The molecule has 2 aromatic heterocycles. The lowest BCUT2D eigenvalue weighted by Crippen LogP contribution is -2.31. The van der Waals surface area contributed by atoms with Crippen LogP contribution in [0, 0.1) is 13.8 Å². The highest BCUT2D eigenvalue weighted by Gasteiger charge is 2.24. The molecule has 0 saturated carbocycles. The number of hydrogen-bond acceptors (Lipinski definition) is 6. The molecule has 1 atom stereocenters. The molecule has 0 aromatic carbocycles. The summed E-state index contributed by atoms with van der Waals surface area (Å²) in [5.74, 6) is 1.74. The van der Waals surface area contributed by atoms with Gasteiger partial charge >= 0.3 is 0 Å². The molecule has 0 spiro atoms. The van der Waals surface area contributed by atoms with Crippen LogP contribution in [-0.4, -0.2) is 48.2 Å². The molecule has 7 heteroatoms. The van der Waals surface area contributed by atoms with Crippen LogP contribution in [0.4, 0.5) is 5.82 Å². The fourth-order valence-electron chi connectivity index (χ4n) is 3.86. The second kappa shape index (κ2) is 7.48. The summed E-state index contributed by atoms with van der Waals surface area (Å²) in [7, 11) is 0. The van der Waals surface area contributed by atoms with Gasteiger partial charge in [0.1, 0.15) is 16.5 Å². The summed E-state index contributed by atoms with van der Waals surface area (Å²) in [5, 5.41) is 4.09. The number of rotatable bonds is 4. The topological polar surface area (TPSA) is 67.4 Å². The van der Waals surface area contributed by atoms with E-state index in [9.17, 15) is 4.79 Å². The van der Waals surface area contributed by atoms with E-state index in [1.54, 1.807) is 0 Å². The molecule has 2 aliphatic heterocycles. The molecule has 2 aromatic rings. The van der Waals surface area contributed by atoms with Crippen LogP contribution in [-0.2, 0) is 4.74 Å². The van der Waals surface area contributed by atoms with Crippen molar-refractivity contribution in [1.82, 2.24) is 15.3 Å². The molecule has 2 aliphatic rings. The molecule has 0 bridgehead atoms. The second-order valence-electron chi connectivity index (χ2n) is 7.22. The summed E-state index contributed by atoms with van der Waals surface area (Å²) in [6, 6.07) is 0. The zero-order chi connectivity index (χ0) is 18.1.